The highest BCUT2D eigenvalue weighted by Gasteiger charge is 2.65. The molecule has 0 saturated carbocycles. The molecule has 3 heterocycles. The Morgan fingerprint density at radius 1 is 1.18 bits per heavy atom. The molecule has 0 aliphatic carbocycles. The number of halogens is 1. The van der Waals surface area contributed by atoms with Gasteiger partial charge in [0.15, 0.2) is 5.41 Å². The van der Waals surface area contributed by atoms with Crippen molar-refractivity contribution in [1.82, 2.24) is 5.32 Å². The van der Waals surface area contributed by atoms with Crippen LogP contribution in [0.3, 0.4) is 0 Å². The van der Waals surface area contributed by atoms with Gasteiger partial charge >= 0.3 is 6.03 Å². The number of barbiturate groups is 1. The van der Waals surface area contributed by atoms with E-state index in [1.165, 1.54) is 18.2 Å². The third kappa shape index (κ3) is 3.17. The Hall–Kier alpha value is -3.50. The van der Waals surface area contributed by atoms with Gasteiger partial charge in [0.25, 0.3) is 11.6 Å². The molecule has 5 rings (SSSR count). The molecule has 2 saturated heterocycles. The maximum absolute atomic E-state index is 14.1. The van der Waals surface area contributed by atoms with Crippen molar-refractivity contribution in [3.63, 3.8) is 0 Å². The molecule has 2 aromatic carbocycles. The zero-order chi connectivity index (χ0) is 24.4. The van der Waals surface area contributed by atoms with Crippen molar-refractivity contribution < 1.29 is 24.0 Å². The number of imide groups is 2. The average molecular weight is 485 g/mol. The number of non-ortho nitro benzene ring substituents is 1. The molecule has 0 unspecified atom stereocenters. The van der Waals surface area contributed by atoms with Gasteiger partial charge in [-0.05, 0) is 43.7 Å². The number of hydrogen-bond acceptors (Lipinski definition) is 7. The lowest BCUT2D eigenvalue weighted by molar-refractivity contribution is -0.384. The number of hydrogen-bond donors (Lipinski definition) is 1. The Balaban J connectivity index is 1.71. The maximum Gasteiger partial charge on any atom is 0.335 e. The molecule has 1 N–H and O–H groups in total. The molecule has 0 aromatic heterocycles. The maximum atomic E-state index is 14.1. The number of nitro groups is 1. The van der Waals surface area contributed by atoms with E-state index in [1.807, 2.05) is 11.8 Å². The Labute approximate surface area is 199 Å². The van der Waals surface area contributed by atoms with Gasteiger partial charge in [-0.25, -0.2) is 9.69 Å². The number of nitrogens with zero attached hydrogens (tertiary/aromatic N) is 3. The molecule has 34 heavy (non-hydrogen) atoms. The van der Waals surface area contributed by atoms with Crippen molar-refractivity contribution >= 4 is 46.5 Å². The number of ether oxygens (including phenoxy) is 1. The Bertz CT molecular complexity index is 1250. The van der Waals surface area contributed by atoms with Crippen LogP contribution in [0.2, 0.25) is 5.02 Å². The second-order valence-corrected chi connectivity index (χ2v) is 9.28. The fraction of sp³-hybridized carbons (Fsp3) is 0.348. The van der Waals surface area contributed by atoms with Crippen LogP contribution in [0.1, 0.15) is 19.4 Å². The molecule has 3 aliphatic heterocycles. The Kier molecular flexibility index (Phi) is 5.10. The van der Waals surface area contributed by atoms with E-state index in [1.54, 1.807) is 31.2 Å². The molecule has 10 nitrogen and oxygen atoms in total. The fourth-order valence-electron chi connectivity index (χ4n) is 5.47. The monoisotopic (exact) mass is 484 g/mol. The summed E-state index contributed by atoms with van der Waals surface area (Å²) in [6.07, 6.45) is -0.879. The van der Waals surface area contributed by atoms with E-state index < -0.39 is 40.3 Å². The summed E-state index contributed by atoms with van der Waals surface area (Å²) in [5.41, 5.74) is -0.493. The minimum atomic E-state index is -1.75. The minimum absolute atomic E-state index is 0.123. The van der Waals surface area contributed by atoms with E-state index in [0.29, 0.717) is 22.8 Å². The zero-order valence-electron chi connectivity index (χ0n) is 18.4. The lowest BCUT2D eigenvalue weighted by atomic mass is 9.66. The number of amides is 4. The summed E-state index contributed by atoms with van der Waals surface area (Å²) in [6, 6.07) is 9.04. The van der Waals surface area contributed by atoms with Crippen LogP contribution in [0.25, 0.3) is 0 Å². The van der Waals surface area contributed by atoms with Gasteiger partial charge in [0.2, 0.25) is 5.91 Å². The van der Waals surface area contributed by atoms with Crippen LogP contribution in [0.4, 0.5) is 21.9 Å². The smallest absolute Gasteiger partial charge is 0.335 e. The molecule has 2 aromatic rings. The molecule has 2 fully saturated rings. The number of anilines is 2. The van der Waals surface area contributed by atoms with E-state index in [4.69, 9.17) is 16.3 Å². The van der Waals surface area contributed by atoms with Gasteiger partial charge < -0.3 is 9.64 Å². The number of benzene rings is 2. The first-order valence-corrected chi connectivity index (χ1v) is 11.2. The average Bonchev–Trinajstić information content (AvgIpc) is 2.77. The van der Waals surface area contributed by atoms with Gasteiger partial charge in [0, 0.05) is 35.8 Å². The van der Waals surface area contributed by atoms with Crippen LogP contribution >= 0.6 is 11.6 Å². The van der Waals surface area contributed by atoms with Gasteiger partial charge in [0.05, 0.1) is 28.9 Å². The molecule has 0 bridgehead atoms. The van der Waals surface area contributed by atoms with E-state index in [9.17, 15) is 24.5 Å². The quantitative estimate of drug-likeness (QED) is 0.395. The second-order valence-electron chi connectivity index (χ2n) is 8.85. The third-order valence-electron chi connectivity index (χ3n) is 6.72. The van der Waals surface area contributed by atoms with E-state index in [-0.39, 0.29) is 23.9 Å². The standard InChI is InChI=1S/C23H21ClN4O6/c1-12-11-26-18-7-6-17(28(32)33)8-14(18)10-23(19(26)13(2)34-12)20(29)25-22(31)27(21(23)30)16-5-3-4-15(24)9-16/h3-9,12-13,19H,10-11H2,1-2H3,(H,25,29,31)/t12-,13+,19-,23+/m0/s1. The summed E-state index contributed by atoms with van der Waals surface area (Å²) in [7, 11) is 0. The molecule has 0 radical (unpaired) electrons. The highest BCUT2D eigenvalue weighted by atomic mass is 35.5. The Morgan fingerprint density at radius 2 is 1.94 bits per heavy atom. The second kappa shape index (κ2) is 7.78. The molecule has 176 valence electrons. The van der Waals surface area contributed by atoms with Gasteiger partial charge in [-0.15, -0.1) is 0 Å². The summed E-state index contributed by atoms with van der Waals surface area (Å²) in [5, 5.41) is 14.1. The lowest BCUT2D eigenvalue weighted by Gasteiger charge is -2.56. The van der Waals surface area contributed by atoms with Crippen LogP contribution in [0.5, 0.6) is 0 Å². The number of carbonyl (C=O) groups is 3. The summed E-state index contributed by atoms with van der Waals surface area (Å²) < 4.78 is 6.04. The predicted octanol–water partition coefficient (Wildman–Crippen LogP) is 3.06. The van der Waals surface area contributed by atoms with E-state index in [2.05, 4.69) is 5.32 Å². The van der Waals surface area contributed by atoms with Gasteiger partial charge in [-0.1, -0.05) is 17.7 Å². The van der Waals surface area contributed by atoms with Gasteiger partial charge in [0.1, 0.15) is 0 Å². The van der Waals surface area contributed by atoms with Crippen molar-refractivity contribution in [2.45, 2.75) is 38.5 Å². The topological polar surface area (TPSA) is 122 Å². The first-order chi connectivity index (χ1) is 16.1. The number of morpholine rings is 1. The van der Waals surface area contributed by atoms with Crippen molar-refractivity contribution in [1.29, 1.82) is 0 Å². The molecule has 4 amide bonds. The third-order valence-corrected chi connectivity index (χ3v) is 6.95. The molecule has 1 spiro atoms. The normalized spacial score (nSPS) is 28.4. The van der Waals surface area contributed by atoms with Crippen molar-refractivity contribution in [3.8, 4) is 0 Å². The van der Waals surface area contributed by atoms with Gasteiger partial charge in [-0.2, -0.15) is 0 Å². The number of nitrogens with one attached hydrogen (secondary N) is 1. The van der Waals surface area contributed by atoms with Crippen LogP contribution in [-0.4, -0.2) is 47.6 Å². The number of urea groups is 1. The number of fused-ring (bicyclic) bond motifs is 4. The fourth-order valence-corrected chi connectivity index (χ4v) is 5.66. The van der Waals surface area contributed by atoms with E-state index >= 15 is 0 Å². The summed E-state index contributed by atoms with van der Waals surface area (Å²) in [5.74, 6) is -1.47. The first-order valence-electron chi connectivity index (χ1n) is 10.8. The molecule has 4 atom stereocenters. The van der Waals surface area contributed by atoms with Gasteiger partial charge in [-0.3, -0.25) is 25.0 Å². The van der Waals surface area contributed by atoms with Crippen molar-refractivity contribution in [2.75, 3.05) is 16.3 Å². The predicted molar refractivity (Wildman–Crippen MR) is 123 cm³/mol. The van der Waals surface area contributed by atoms with Crippen LogP contribution < -0.4 is 15.1 Å². The summed E-state index contributed by atoms with van der Waals surface area (Å²) in [4.78, 5) is 54.2. The van der Waals surface area contributed by atoms with Crippen LogP contribution in [0.15, 0.2) is 42.5 Å². The largest absolute Gasteiger partial charge is 0.372 e. The van der Waals surface area contributed by atoms with E-state index in [0.717, 1.165) is 4.90 Å². The van der Waals surface area contributed by atoms with Crippen LogP contribution in [-0.2, 0) is 20.7 Å². The SMILES string of the molecule is C[C@H]1CN2c3ccc([N+](=O)[O-])cc3C[C@]3(C(=O)NC(=O)N(c4cccc(Cl)c4)C3=O)[C@@H]2[C@@H](C)O1. The summed E-state index contributed by atoms with van der Waals surface area (Å²) in [6.45, 7) is 4.03. The molecule has 3 aliphatic rings. The highest BCUT2D eigenvalue weighted by Crippen LogP contribution is 2.49. The Morgan fingerprint density at radius 3 is 2.65 bits per heavy atom. The molecular weight excluding hydrogens is 464 g/mol. The van der Waals surface area contributed by atoms with Crippen LogP contribution in [0, 0.1) is 15.5 Å². The summed E-state index contributed by atoms with van der Waals surface area (Å²) >= 11 is 6.10. The molecule has 11 heteroatoms. The zero-order valence-corrected chi connectivity index (χ0v) is 19.1. The number of rotatable bonds is 2. The number of nitro benzene ring substituents is 1. The lowest BCUT2D eigenvalue weighted by Crippen LogP contribution is -2.76. The number of carbonyl (C=O) groups excluding carboxylic acids is 3. The molecular formula is C23H21ClN4O6. The highest BCUT2D eigenvalue weighted by molar-refractivity contribution is 6.33. The van der Waals surface area contributed by atoms with Crippen molar-refractivity contribution in [2.24, 2.45) is 5.41 Å². The van der Waals surface area contributed by atoms with Crippen molar-refractivity contribution in [3.05, 3.63) is 63.2 Å². The minimum Gasteiger partial charge on any atom is -0.372 e. The first kappa shape index (κ1) is 22.3.